The van der Waals surface area contributed by atoms with E-state index < -0.39 is 4.92 Å². The SMILES string of the molecule is CC1CN(c2ccc([N+](=O)[O-])c(CO)c2)CC(C)N1C. The second-order valence-electron chi connectivity index (χ2n) is 5.50. The van der Waals surface area contributed by atoms with Crippen LogP contribution in [0.15, 0.2) is 18.2 Å². The maximum Gasteiger partial charge on any atom is 0.275 e. The van der Waals surface area contributed by atoms with Gasteiger partial charge >= 0.3 is 0 Å². The van der Waals surface area contributed by atoms with Gasteiger partial charge in [-0.1, -0.05) is 0 Å². The summed E-state index contributed by atoms with van der Waals surface area (Å²) in [6, 6.07) is 5.82. The fourth-order valence-corrected chi connectivity index (χ4v) is 2.69. The van der Waals surface area contributed by atoms with E-state index in [0.29, 0.717) is 17.6 Å². The molecular formula is C14H21N3O3. The van der Waals surface area contributed by atoms with E-state index in [0.717, 1.165) is 18.8 Å². The van der Waals surface area contributed by atoms with Crippen LogP contribution in [-0.4, -0.2) is 47.2 Å². The Morgan fingerprint density at radius 1 is 1.35 bits per heavy atom. The van der Waals surface area contributed by atoms with Gasteiger partial charge in [0.1, 0.15) is 0 Å². The molecule has 1 heterocycles. The van der Waals surface area contributed by atoms with Crippen molar-refractivity contribution in [3.63, 3.8) is 0 Å². The smallest absolute Gasteiger partial charge is 0.275 e. The number of aliphatic hydroxyl groups is 1. The molecule has 6 nitrogen and oxygen atoms in total. The Morgan fingerprint density at radius 3 is 2.45 bits per heavy atom. The third-order valence-corrected chi connectivity index (χ3v) is 4.15. The molecule has 2 atom stereocenters. The first-order valence-corrected chi connectivity index (χ1v) is 6.79. The topological polar surface area (TPSA) is 69.8 Å². The third kappa shape index (κ3) is 2.76. The highest BCUT2D eigenvalue weighted by Crippen LogP contribution is 2.27. The lowest BCUT2D eigenvalue weighted by Crippen LogP contribution is -2.55. The van der Waals surface area contributed by atoms with Crippen LogP contribution in [0.4, 0.5) is 11.4 Å². The maximum atomic E-state index is 10.9. The van der Waals surface area contributed by atoms with Crippen LogP contribution >= 0.6 is 0 Å². The average Bonchev–Trinajstić information content (AvgIpc) is 2.43. The molecule has 2 rings (SSSR count). The highest BCUT2D eigenvalue weighted by atomic mass is 16.6. The van der Waals surface area contributed by atoms with Crippen molar-refractivity contribution in [2.75, 3.05) is 25.0 Å². The number of nitro benzene ring substituents is 1. The predicted octanol–water partition coefficient (Wildman–Crippen LogP) is 1.62. The normalized spacial score (nSPS) is 23.9. The van der Waals surface area contributed by atoms with Crippen molar-refractivity contribution >= 4 is 11.4 Å². The summed E-state index contributed by atoms with van der Waals surface area (Å²) >= 11 is 0. The molecule has 0 radical (unpaired) electrons. The molecule has 1 N–H and O–H groups in total. The van der Waals surface area contributed by atoms with E-state index in [1.165, 1.54) is 6.07 Å². The fourth-order valence-electron chi connectivity index (χ4n) is 2.69. The van der Waals surface area contributed by atoms with Crippen molar-refractivity contribution in [1.82, 2.24) is 4.90 Å². The van der Waals surface area contributed by atoms with Crippen molar-refractivity contribution in [2.45, 2.75) is 32.5 Å². The van der Waals surface area contributed by atoms with Gasteiger partial charge in [-0.2, -0.15) is 0 Å². The molecule has 1 aliphatic rings. The lowest BCUT2D eigenvalue weighted by atomic mass is 10.1. The number of likely N-dealkylation sites (N-methyl/N-ethyl adjacent to an activating group) is 1. The summed E-state index contributed by atoms with van der Waals surface area (Å²) in [6.07, 6.45) is 0. The summed E-state index contributed by atoms with van der Waals surface area (Å²) in [5.74, 6) is 0. The van der Waals surface area contributed by atoms with Crippen LogP contribution in [0.1, 0.15) is 19.4 Å². The molecule has 2 unspecified atom stereocenters. The Balaban J connectivity index is 2.27. The van der Waals surface area contributed by atoms with Gasteiger partial charge < -0.3 is 10.0 Å². The number of nitrogens with zero attached hydrogens (tertiary/aromatic N) is 3. The van der Waals surface area contributed by atoms with Gasteiger partial charge in [0.15, 0.2) is 0 Å². The molecule has 1 aromatic carbocycles. The summed E-state index contributed by atoms with van der Waals surface area (Å²) in [5.41, 5.74) is 1.28. The van der Waals surface area contributed by atoms with Gasteiger partial charge in [-0.25, -0.2) is 0 Å². The second kappa shape index (κ2) is 5.76. The van der Waals surface area contributed by atoms with Gasteiger partial charge in [-0.15, -0.1) is 0 Å². The number of benzene rings is 1. The van der Waals surface area contributed by atoms with E-state index in [-0.39, 0.29) is 12.3 Å². The molecule has 20 heavy (non-hydrogen) atoms. The van der Waals surface area contributed by atoms with Crippen LogP contribution in [-0.2, 0) is 6.61 Å². The van der Waals surface area contributed by atoms with Crippen LogP contribution in [0.3, 0.4) is 0 Å². The molecular weight excluding hydrogens is 258 g/mol. The summed E-state index contributed by atoms with van der Waals surface area (Å²) in [4.78, 5) is 15.0. The third-order valence-electron chi connectivity index (χ3n) is 4.15. The predicted molar refractivity (Wildman–Crippen MR) is 77.9 cm³/mol. The minimum atomic E-state index is -0.454. The Kier molecular flexibility index (Phi) is 4.25. The van der Waals surface area contributed by atoms with Crippen LogP contribution in [0.25, 0.3) is 0 Å². The van der Waals surface area contributed by atoms with Crippen molar-refractivity contribution in [2.24, 2.45) is 0 Å². The van der Waals surface area contributed by atoms with Crippen molar-refractivity contribution in [1.29, 1.82) is 0 Å². The quantitative estimate of drug-likeness (QED) is 0.672. The van der Waals surface area contributed by atoms with Gasteiger partial charge in [-0.3, -0.25) is 15.0 Å². The molecule has 0 spiro atoms. The van der Waals surface area contributed by atoms with E-state index >= 15 is 0 Å². The van der Waals surface area contributed by atoms with E-state index in [9.17, 15) is 15.2 Å². The maximum absolute atomic E-state index is 10.9. The van der Waals surface area contributed by atoms with E-state index in [1.807, 2.05) is 0 Å². The molecule has 0 aromatic heterocycles. The minimum absolute atomic E-state index is 0.0218. The van der Waals surface area contributed by atoms with Gasteiger partial charge in [0, 0.05) is 36.9 Å². The Hall–Kier alpha value is -1.66. The highest BCUT2D eigenvalue weighted by Gasteiger charge is 2.27. The minimum Gasteiger partial charge on any atom is -0.391 e. The van der Waals surface area contributed by atoms with Crippen molar-refractivity contribution < 1.29 is 10.0 Å². The van der Waals surface area contributed by atoms with Gasteiger partial charge in [0.05, 0.1) is 17.1 Å². The molecule has 0 bridgehead atoms. The standard InChI is InChI=1S/C14H21N3O3/c1-10-7-16(8-11(2)15(10)3)13-4-5-14(17(19)20)12(6-13)9-18/h4-6,10-11,18H,7-9H2,1-3H3. The van der Waals surface area contributed by atoms with Crippen LogP contribution in [0.5, 0.6) is 0 Å². The first-order valence-electron chi connectivity index (χ1n) is 6.79. The molecule has 0 aliphatic carbocycles. The fraction of sp³-hybridized carbons (Fsp3) is 0.571. The largest absolute Gasteiger partial charge is 0.391 e. The molecule has 1 aliphatic heterocycles. The number of nitro groups is 1. The second-order valence-corrected chi connectivity index (χ2v) is 5.50. The monoisotopic (exact) mass is 279 g/mol. The lowest BCUT2D eigenvalue weighted by Gasteiger charge is -2.43. The lowest BCUT2D eigenvalue weighted by molar-refractivity contribution is -0.385. The number of rotatable bonds is 3. The van der Waals surface area contributed by atoms with Crippen molar-refractivity contribution in [3.8, 4) is 0 Å². The zero-order chi connectivity index (χ0) is 14.9. The number of piperazine rings is 1. The summed E-state index contributed by atoms with van der Waals surface area (Å²) < 4.78 is 0. The van der Waals surface area contributed by atoms with Gasteiger partial charge in [0.2, 0.25) is 0 Å². The molecule has 0 saturated carbocycles. The van der Waals surface area contributed by atoms with Crippen LogP contribution in [0, 0.1) is 10.1 Å². The van der Waals surface area contributed by atoms with Gasteiger partial charge in [-0.05, 0) is 33.0 Å². The number of anilines is 1. The number of hydrogen-bond donors (Lipinski definition) is 1. The first-order chi connectivity index (χ1) is 9.43. The van der Waals surface area contributed by atoms with Gasteiger partial charge in [0.25, 0.3) is 5.69 Å². The molecule has 6 heteroatoms. The highest BCUT2D eigenvalue weighted by molar-refractivity contribution is 5.56. The Morgan fingerprint density at radius 2 is 1.95 bits per heavy atom. The molecule has 1 saturated heterocycles. The van der Waals surface area contributed by atoms with E-state index in [2.05, 4.69) is 30.7 Å². The molecule has 110 valence electrons. The number of hydrogen-bond acceptors (Lipinski definition) is 5. The summed E-state index contributed by atoms with van der Waals surface area (Å²) in [5, 5.41) is 20.2. The zero-order valence-electron chi connectivity index (χ0n) is 12.1. The molecule has 1 aromatic rings. The zero-order valence-corrected chi connectivity index (χ0v) is 12.1. The Labute approximate surface area is 118 Å². The molecule has 0 amide bonds. The van der Waals surface area contributed by atoms with E-state index in [4.69, 9.17) is 0 Å². The first kappa shape index (κ1) is 14.7. The van der Waals surface area contributed by atoms with Crippen molar-refractivity contribution in [3.05, 3.63) is 33.9 Å². The molecule has 1 fully saturated rings. The average molecular weight is 279 g/mol. The van der Waals surface area contributed by atoms with E-state index in [1.54, 1.807) is 12.1 Å². The van der Waals surface area contributed by atoms with Crippen LogP contribution < -0.4 is 4.90 Å². The Bertz CT molecular complexity index is 494. The van der Waals surface area contributed by atoms with Crippen LogP contribution in [0.2, 0.25) is 0 Å². The number of aliphatic hydroxyl groups excluding tert-OH is 1. The summed E-state index contributed by atoms with van der Waals surface area (Å²) in [6.45, 7) is 5.78. The summed E-state index contributed by atoms with van der Waals surface area (Å²) in [7, 11) is 2.11.